The average Bonchev–Trinajstić information content (AvgIpc) is 3.44. The van der Waals surface area contributed by atoms with Crippen LogP contribution >= 0.6 is 50.6 Å². The molecule has 0 radical (unpaired) electrons. The van der Waals surface area contributed by atoms with Gasteiger partial charge in [-0.2, -0.15) is 0 Å². The number of rotatable bonds is 5. The number of thioether (sulfide) groups is 1. The number of nitrogens with one attached hydrogen (secondary N) is 1. The predicted molar refractivity (Wildman–Crippen MR) is 174 cm³/mol. The highest BCUT2D eigenvalue weighted by molar-refractivity contribution is 9.10. The van der Waals surface area contributed by atoms with Crippen molar-refractivity contribution in [2.24, 2.45) is 5.92 Å². The summed E-state index contributed by atoms with van der Waals surface area (Å²) in [6.07, 6.45) is 0. The van der Waals surface area contributed by atoms with Gasteiger partial charge in [0.15, 0.2) is 0 Å². The summed E-state index contributed by atoms with van der Waals surface area (Å²) >= 11 is 11.8. The third-order valence-electron chi connectivity index (χ3n) is 7.73. The molecule has 2 aliphatic rings. The first-order valence-electron chi connectivity index (χ1n) is 13.4. The van der Waals surface area contributed by atoms with Crippen molar-refractivity contribution >= 4 is 90.5 Å². The summed E-state index contributed by atoms with van der Waals surface area (Å²) in [4.78, 5) is 56.2. The molecule has 1 fully saturated rings. The summed E-state index contributed by atoms with van der Waals surface area (Å²) in [5.41, 5.74) is 1.90. The Morgan fingerprint density at radius 1 is 0.884 bits per heavy atom. The van der Waals surface area contributed by atoms with E-state index in [0.29, 0.717) is 26.3 Å². The van der Waals surface area contributed by atoms with Crippen LogP contribution < -0.4 is 15.1 Å². The molecule has 0 bridgehead atoms. The maximum atomic E-state index is 14.0. The lowest BCUT2D eigenvalue weighted by molar-refractivity contribution is -0.122. The molecule has 2 aliphatic heterocycles. The highest BCUT2D eigenvalue weighted by atomic mass is 79.9. The van der Waals surface area contributed by atoms with Gasteiger partial charge in [-0.25, -0.2) is 4.90 Å². The Morgan fingerprint density at radius 3 is 2.37 bits per heavy atom. The topological polar surface area (TPSA) is 88.5 Å². The molecule has 0 saturated carbocycles. The highest BCUT2D eigenvalue weighted by Gasteiger charge is 2.56. The van der Waals surface area contributed by atoms with Gasteiger partial charge in [0.2, 0.25) is 17.7 Å². The molecule has 7 nitrogen and oxygen atoms in total. The molecule has 214 valence electrons. The molecule has 0 spiro atoms. The van der Waals surface area contributed by atoms with Crippen LogP contribution in [0.1, 0.15) is 16.4 Å². The van der Waals surface area contributed by atoms with Gasteiger partial charge in [-0.1, -0.05) is 99.2 Å². The summed E-state index contributed by atoms with van der Waals surface area (Å²) < 4.78 is 2.25. The lowest BCUT2D eigenvalue weighted by atomic mass is 9.83. The number of anilines is 2. The monoisotopic (exact) mass is 689 g/mol. The van der Waals surface area contributed by atoms with Crippen LogP contribution in [0.2, 0.25) is 5.02 Å². The highest BCUT2D eigenvalue weighted by Crippen LogP contribution is 2.54. The molecule has 3 atom stereocenters. The number of carbonyl (C=O) groups excluding carboxylic acids is 3. The van der Waals surface area contributed by atoms with Crippen molar-refractivity contribution < 1.29 is 14.4 Å². The Balaban J connectivity index is 1.28. The zero-order valence-corrected chi connectivity index (χ0v) is 26.2. The van der Waals surface area contributed by atoms with Crippen LogP contribution in [0.3, 0.4) is 0 Å². The van der Waals surface area contributed by atoms with Crippen LogP contribution in [-0.4, -0.2) is 27.5 Å². The molecule has 4 aromatic carbocycles. The van der Waals surface area contributed by atoms with Gasteiger partial charge in [-0.3, -0.25) is 23.7 Å². The molecule has 1 N–H and O–H groups in total. The van der Waals surface area contributed by atoms with Gasteiger partial charge in [0.05, 0.1) is 16.6 Å². The Kier molecular flexibility index (Phi) is 7.25. The van der Waals surface area contributed by atoms with Gasteiger partial charge in [0, 0.05) is 31.4 Å². The summed E-state index contributed by atoms with van der Waals surface area (Å²) in [5.74, 6) is -2.33. The van der Waals surface area contributed by atoms with Gasteiger partial charge < -0.3 is 5.32 Å². The minimum absolute atomic E-state index is 0.232. The number of carbonyl (C=O) groups is 3. The van der Waals surface area contributed by atoms with Crippen LogP contribution in [0.5, 0.6) is 0 Å². The minimum Gasteiger partial charge on any atom is -0.324 e. The van der Waals surface area contributed by atoms with E-state index in [-0.39, 0.29) is 29.1 Å². The lowest BCUT2D eigenvalue weighted by Crippen LogP contribution is -2.33. The number of halogens is 2. The quantitative estimate of drug-likeness (QED) is 0.203. The third kappa shape index (κ3) is 4.92. The number of hydrogen-bond donors (Lipinski definition) is 1. The van der Waals surface area contributed by atoms with Crippen LogP contribution in [0, 0.1) is 5.92 Å². The fraction of sp³-hybridized carbons (Fsp3) is 0.125. The van der Waals surface area contributed by atoms with E-state index in [1.807, 2.05) is 54.6 Å². The second-order valence-electron chi connectivity index (χ2n) is 10.3. The van der Waals surface area contributed by atoms with Crippen molar-refractivity contribution in [1.29, 1.82) is 0 Å². The van der Waals surface area contributed by atoms with Crippen molar-refractivity contribution in [2.75, 3.05) is 10.2 Å². The Morgan fingerprint density at radius 2 is 1.60 bits per heavy atom. The molecular weight excluding hydrogens is 670 g/mol. The first-order valence-corrected chi connectivity index (χ1v) is 16.2. The van der Waals surface area contributed by atoms with E-state index >= 15 is 0 Å². The molecule has 43 heavy (non-hydrogen) atoms. The summed E-state index contributed by atoms with van der Waals surface area (Å²) in [6, 6.07) is 27.5. The summed E-state index contributed by atoms with van der Waals surface area (Å²) in [7, 11) is 0. The van der Waals surface area contributed by atoms with Crippen LogP contribution in [0.25, 0.3) is 10.8 Å². The van der Waals surface area contributed by atoms with Crippen molar-refractivity contribution in [3.63, 3.8) is 0 Å². The SMILES string of the molecule is O=C(Cn1c2c(sc1=O)C(c1ccc(Cl)cc1)C1C(=O)N(c3ccc(Br)cc3)C(=O)C1S2)Nc1cccc2ccccc12. The van der Waals surface area contributed by atoms with Gasteiger partial charge >= 0.3 is 4.87 Å². The van der Waals surface area contributed by atoms with Gasteiger partial charge in [0.25, 0.3) is 0 Å². The molecule has 1 aromatic heterocycles. The normalized spacial score (nSPS) is 19.4. The predicted octanol–water partition coefficient (Wildman–Crippen LogP) is 6.91. The smallest absolute Gasteiger partial charge is 0.308 e. The van der Waals surface area contributed by atoms with Gasteiger partial charge in [-0.05, 0) is 53.4 Å². The number of fused-ring (bicyclic) bond motifs is 3. The molecule has 3 amide bonds. The number of nitrogens with zero attached hydrogens (tertiary/aromatic N) is 2. The molecule has 3 heterocycles. The number of aromatic nitrogens is 1. The van der Waals surface area contributed by atoms with E-state index in [1.165, 1.54) is 21.2 Å². The van der Waals surface area contributed by atoms with Gasteiger partial charge in [-0.15, -0.1) is 0 Å². The zero-order chi connectivity index (χ0) is 29.8. The zero-order valence-electron chi connectivity index (χ0n) is 22.2. The lowest BCUT2D eigenvalue weighted by Gasteiger charge is -2.30. The van der Waals surface area contributed by atoms with Crippen LogP contribution in [0.15, 0.2) is 105 Å². The molecule has 1 saturated heterocycles. The first kappa shape index (κ1) is 28.1. The number of amides is 3. The van der Waals surface area contributed by atoms with Crippen LogP contribution in [-0.2, 0) is 20.9 Å². The van der Waals surface area contributed by atoms with Crippen molar-refractivity contribution in [3.8, 4) is 0 Å². The fourth-order valence-electron chi connectivity index (χ4n) is 5.80. The van der Waals surface area contributed by atoms with Crippen LogP contribution in [0.4, 0.5) is 11.4 Å². The van der Waals surface area contributed by atoms with Crippen molar-refractivity contribution in [3.05, 3.63) is 121 Å². The average molecular weight is 691 g/mol. The number of imide groups is 1. The largest absolute Gasteiger partial charge is 0.324 e. The molecule has 5 aromatic rings. The van der Waals surface area contributed by atoms with E-state index in [2.05, 4.69) is 21.2 Å². The van der Waals surface area contributed by atoms with Crippen molar-refractivity contribution in [2.45, 2.75) is 22.7 Å². The van der Waals surface area contributed by atoms with E-state index in [9.17, 15) is 19.2 Å². The number of hydrogen-bond acceptors (Lipinski definition) is 6. The van der Waals surface area contributed by atoms with E-state index < -0.39 is 17.1 Å². The van der Waals surface area contributed by atoms with E-state index in [0.717, 1.165) is 32.1 Å². The third-order valence-corrected chi connectivity index (χ3v) is 11.1. The summed E-state index contributed by atoms with van der Waals surface area (Å²) in [6.45, 7) is -0.232. The molecule has 3 unspecified atom stereocenters. The fourth-order valence-corrected chi connectivity index (χ4v) is 8.96. The van der Waals surface area contributed by atoms with E-state index in [1.54, 1.807) is 36.4 Å². The Labute approximate surface area is 267 Å². The number of thiazole rings is 1. The Hall–Kier alpha value is -3.70. The molecule has 0 aliphatic carbocycles. The second-order valence-corrected chi connectivity index (χ2v) is 13.8. The molecule has 7 rings (SSSR count). The van der Waals surface area contributed by atoms with Crippen molar-refractivity contribution in [1.82, 2.24) is 4.57 Å². The molecule has 11 heteroatoms. The maximum absolute atomic E-state index is 14.0. The number of benzene rings is 4. The Bertz CT molecular complexity index is 1990. The summed E-state index contributed by atoms with van der Waals surface area (Å²) in [5, 5.41) is 5.12. The second kappa shape index (κ2) is 11.1. The van der Waals surface area contributed by atoms with Gasteiger partial charge in [0.1, 0.15) is 11.8 Å². The molecular formula is C32H21BrClN3O4S2. The van der Waals surface area contributed by atoms with E-state index in [4.69, 9.17) is 11.6 Å². The first-order chi connectivity index (χ1) is 20.8. The minimum atomic E-state index is -0.772. The standard InChI is InChI=1S/C32H21BrClN3O4S2/c33-19-10-14-21(15-11-19)37-29(39)26-25(18-8-12-20(34)13-9-18)28-31(42-27(26)30(37)40)36(32(41)43-28)16-24(38)35-23-7-3-5-17-4-1-2-6-22(17)23/h1-15,25-27H,16H2,(H,35,38). The maximum Gasteiger partial charge on any atom is 0.308 e.